The van der Waals surface area contributed by atoms with E-state index in [2.05, 4.69) is 10.4 Å². The van der Waals surface area contributed by atoms with E-state index in [4.69, 9.17) is 9.15 Å². The van der Waals surface area contributed by atoms with Gasteiger partial charge in [0.1, 0.15) is 5.76 Å². The zero-order valence-electron chi connectivity index (χ0n) is 13.8. The number of ether oxygens (including phenoxy) is 1. The fourth-order valence-corrected chi connectivity index (χ4v) is 2.94. The third kappa shape index (κ3) is 3.64. The van der Waals surface area contributed by atoms with E-state index in [0.29, 0.717) is 18.1 Å². The lowest BCUT2D eigenvalue weighted by molar-refractivity contribution is 0.0695. The lowest BCUT2D eigenvalue weighted by Crippen LogP contribution is -2.40. The second kappa shape index (κ2) is 6.58. The van der Waals surface area contributed by atoms with Gasteiger partial charge in [-0.15, -0.1) is 0 Å². The molecule has 2 aromatic heterocycles. The Bertz CT molecular complexity index is 683. The maximum Gasteiger partial charge on any atom is 0.287 e. The fraction of sp³-hybridized carbons (Fsp3) is 0.529. The number of aryl methyl sites for hydroxylation is 2. The number of aromatic nitrogens is 2. The molecule has 1 fully saturated rings. The number of hydrogen-bond donors (Lipinski definition) is 1. The van der Waals surface area contributed by atoms with E-state index in [1.165, 1.54) is 0 Å². The Kier molecular flexibility index (Phi) is 4.52. The zero-order chi connectivity index (χ0) is 16.4. The molecule has 1 saturated heterocycles. The van der Waals surface area contributed by atoms with Crippen LogP contribution in [0.4, 0.5) is 0 Å². The van der Waals surface area contributed by atoms with Gasteiger partial charge in [0.25, 0.3) is 5.91 Å². The maximum absolute atomic E-state index is 12.3. The quantitative estimate of drug-likeness (QED) is 0.919. The predicted octanol–water partition coefficient (Wildman–Crippen LogP) is 2.44. The summed E-state index contributed by atoms with van der Waals surface area (Å²) in [7, 11) is 0. The zero-order valence-corrected chi connectivity index (χ0v) is 13.8. The molecule has 124 valence electrons. The number of nitrogens with zero attached hydrogens (tertiary/aromatic N) is 2. The van der Waals surface area contributed by atoms with Crippen LogP contribution in [0.2, 0.25) is 0 Å². The summed E-state index contributed by atoms with van der Waals surface area (Å²) in [5.41, 5.74) is 2.04. The van der Waals surface area contributed by atoms with Crippen LogP contribution in [0.15, 0.2) is 22.6 Å². The largest absolute Gasteiger partial charge is 0.454 e. The van der Waals surface area contributed by atoms with E-state index >= 15 is 0 Å². The number of hydrogen-bond acceptors (Lipinski definition) is 4. The molecule has 2 aromatic rings. The van der Waals surface area contributed by atoms with E-state index in [1.54, 1.807) is 6.07 Å². The molecule has 0 radical (unpaired) electrons. The minimum Gasteiger partial charge on any atom is -0.454 e. The number of carbonyl (C=O) groups excluding carboxylic acids is 1. The van der Waals surface area contributed by atoms with E-state index < -0.39 is 0 Å². The molecular formula is C17H23N3O3. The molecule has 0 bridgehead atoms. The Labute approximate surface area is 135 Å². The first kappa shape index (κ1) is 15.8. The highest BCUT2D eigenvalue weighted by atomic mass is 16.5. The number of amides is 1. The van der Waals surface area contributed by atoms with Crippen molar-refractivity contribution in [2.75, 3.05) is 6.61 Å². The maximum atomic E-state index is 12.3. The van der Waals surface area contributed by atoms with Gasteiger partial charge in [-0.2, -0.15) is 5.10 Å². The SMILES string of the molecule is Cc1cc(C)n(Cc2ccc(C(=O)NC(C)C3CCCO3)o2)n1. The highest BCUT2D eigenvalue weighted by molar-refractivity contribution is 5.91. The van der Waals surface area contributed by atoms with Crippen LogP contribution in [0.1, 0.15) is 47.5 Å². The van der Waals surface area contributed by atoms with Crippen molar-refractivity contribution < 1.29 is 13.9 Å². The molecule has 23 heavy (non-hydrogen) atoms. The number of nitrogens with one attached hydrogen (secondary N) is 1. The molecule has 1 N–H and O–H groups in total. The molecule has 6 nitrogen and oxygen atoms in total. The van der Waals surface area contributed by atoms with Gasteiger partial charge in [-0.3, -0.25) is 9.48 Å². The highest BCUT2D eigenvalue weighted by Gasteiger charge is 2.24. The molecule has 0 saturated carbocycles. The molecule has 0 aliphatic carbocycles. The predicted molar refractivity (Wildman–Crippen MR) is 85.4 cm³/mol. The van der Waals surface area contributed by atoms with Crippen molar-refractivity contribution >= 4 is 5.91 Å². The summed E-state index contributed by atoms with van der Waals surface area (Å²) < 4.78 is 13.1. The van der Waals surface area contributed by atoms with Gasteiger partial charge >= 0.3 is 0 Å². The molecule has 2 unspecified atom stereocenters. The van der Waals surface area contributed by atoms with Crippen LogP contribution < -0.4 is 5.32 Å². The minimum absolute atomic E-state index is 0.0189. The molecule has 0 aromatic carbocycles. The topological polar surface area (TPSA) is 69.3 Å². The summed E-state index contributed by atoms with van der Waals surface area (Å²) in [6.07, 6.45) is 2.14. The minimum atomic E-state index is -0.201. The summed E-state index contributed by atoms with van der Waals surface area (Å²) in [6.45, 7) is 7.22. The number of rotatable bonds is 5. The Morgan fingerprint density at radius 2 is 2.30 bits per heavy atom. The van der Waals surface area contributed by atoms with Crippen LogP contribution in [-0.4, -0.2) is 34.4 Å². The van der Waals surface area contributed by atoms with Gasteiger partial charge < -0.3 is 14.5 Å². The van der Waals surface area contributed by atoms with Gasteiger partial charge in [0.2, 0.25) is 0 Å². The number of furan rings is 1. The third-order valence-electron chi connectivity index (χ3n) is 4.18. The second-order valence-corrected chi connectivity index (χ2v) is 6.16. The standard InChI is InChI=1S/C17H23N3O3/c1-11-9-12(2)20(19-11)10-14-6-7-16(23-14)17(21)18-13(3)15-5-4-8-22-15/h6-7,9,13,15H,4-5,8,10H2,1-3H3,(H,18,21). The van der Waals surface area contributed by atoms with E-state index in [-0.39, 0.29) is 18.1 Å². The average Bonchev–Trinajstić information content (AvgIpc) is 3.22. The molecule has 1 aliphatic heterocycles. The lowest BCUT2D eigenvalue weighted by Gasteiger charge is -2.19. The molecule has 1 aliphatic rings. The Balaban J connectivity index is 1.61. The first-order valence-electron chi connectivity index (χ1n) is 8.05. The van der Waals surface area contributed by atoms with Gasteiger partial charge in [-0.1, -0.05) is 0 Å². The Hall–Kier alpha value is -2.08. The van der Waals surface area contributed by atoms with Crippen molar-refractivity contribution in [3.05, 3.63) is 41.1 Å². The van der Waals surface area contributed by atoms with Crippen molar-refractivity contribution in [2.24, 2.45) is 0 Å². The van der Waals surface area contributed by atoms with Crippen molar-refractivity contribution in [3.8, 4) is 0 Å². The van der Waals surface area contributed by atoms with E-state index in [1.807, 2.05) is 37.6 Å². The lowest BCUT2D eigenvalue weighted by atomic mass is 10.1. The first-order chi connectivity index (χ1) is 11.0. The van der Waals surface area contributed by atoms with Crippen LogP contribution in [0.3, 0.4) is 0 Å². The van der Waals surface area contributed by atoms with Crippen molar-refractivity contribution in [3.63, 3.8) is 0 Å². The van der Waals surface area contributed by atoms with Crippen molar-refractivity contribution in [1.29, 1.82) is 0 Å². The van der Waals surface area contributed by atoms with Gasteiger partial charge in [0, 0.05) is 12.3 Å². The second-order valence-electron chi connectivity index (χ2n) is 6.16. The highest BCUT2D eigenvalue weighted by Crippen LogP contribution is 2.16. The van der Waals surface area contributed by atoms with Gasteiger partial charge in [0.05, 0.1) is 24.4 Å². The molecule has 2 atom stereocenters. The summed E-state index contributed by atoms with van der Waals surface area (Å²) in [4.78, 5) is 12.3. The van der Waals surface area contributed by atoms with Crippen LogP contribution in [0, 0.1) is 13.8 Å². The van der Waals surface area contributed by atoms with Crippen molar-refractivity contribution in [2.45, 2.75) is 52.3 Å². The van der Waals surface area contributed by atoms with Gasteiger partial charge in [-0.05, 0) is 51.8 Å². The number of carbonyl (C=O) groups is 1. The molecule has 3 heterocycles. The molecule has 6 heteroatoms. The monoisotopic (exact) mass is 317 g/mol. The van der Waals surface area contributed by atoms with Crippen LogP contribution in [-0.2, 0) is 11.3 Å². The smallest absolute Gasteiger partial charge is 0.287 e. The molecular weight excluding hydrogens is 294 g/mol. The van der Waals surface area contributed by atoms with E-state index in [0.717, 1.165) is 30.8 Å². The Morgan fingerprint density at radius 3 is 2.96 bits per heavy atom. The van der Waals surface area contributed by atoms with E-state index in [9.17, 15) is 4.79 Å². The molecule has 3 rings (SSSR count). The van der Waals surface area contributed by atoms with Crippen LogP contribution in [0.5, 0.6) is 0 Å². The Morgan fingerprint density at radius 1 is 1.48 bits per heavy atom. The van der Waals surface area contributed by atoms with Crippen molar-refractivity contribution in [1.82, 2.24) is 15.1 Å². The first-order valence-corrected chi connectivity index (χ1v) is 8.05. The van der Waals surface area contributed by atoms with Crippen LogP contribution >= 0.6 is 0 Å². The van der Waals surface area contributed by atoms with Gasteiger partial charge in [0.15, 0.2) is 5.76 Å². The summed E-state index contributed by atoms with van der Waals surface area (Å²) in [6, 6.07) is 5.52. The average molecular weight is 317 g/mol. The summed E-state index contributed by atoms with van der Waals surface area (Å²) >= 11 is 0. The third-order valence-corrected chi connectivity index (χ3v) is 4.18. The fourth-order valence-electron chi connectivity index (χ4n) is 2.94. The van der Waals surface area contributed by atoms with Gasteiger partial charge in [-0.25, -0.2) is 0 Å². The molecule has 0 spiro atoms. The molecule has 1 amide bonds. The summed E-state index contributed by atoms with van der Waals surface area (Å²) in [5, 5.41) is 7.35. The summed E-state index contributed by atoms with van der Waals surface area (Å²) in [5.74, 6) is 0.838. The normalized spacial score (nSPS) is 19.0. The van der Waals surface area contributed by atoms with Crippen LogP contribution in [0.25, 0.3) is 0 Å².